The molecule has 2 heterocycles. The maximum atomic E-state index is 13.2. The Balaban J connectivity index is 1.31. The van der Waals surface area contributed by atoms with Crippen molar-refractivity contribution in [2.24, 2.45) is 0 Å². The molecule has 0 saturated carbocycles. The van der Waals surface area contributed by atoms with Crippen LogP contribution in [0, 0.1) is 5.82 Å². The average molecular weight is 482 g/mol. The van der Waals surface area contributed by atoms with Gasteiger partial charge < -0.3 is 20.4 Å². The number of rotatable bonds is 7. The van der Waals surface area contributed by atoms with Crippen molar-refractivity contribution in [3.8, 4) is 0 Å². The Morgan fingerprint density at radius 2 is 1.69 bits per heavy atom. The fraction of sp³-hybridized carbons (Fsp3) is 0.423. The van der Waals surface area contributed by atoms with E-state index in [1.54, 1.807) is 12.1 Å². The second kappa shape index (κ2) is 11.3. The summed E-state index contributed by atoms with van der Waals surface area (Å²) in [4.78, 5) is 44.1. The molecular weight excluding hydrogens is 449 g/mol. The normalized spacial score (nSPS) is 18.8. The quantitative estimate of drug-likeness (QED) is 0.631. The molecule has 186 valence electrons. The molecule has 3 amide bonds. The molecule has 35 heavy (non-hydrogen) atoms. The number of halogens is 1. The van der Waals surface area contributed by atoms with Crippen LogP contribution in [0.3, 0.4) is 0 Å². The van der Waals surface area contributed by atoms with Gasteiger partial charge >= 0.3 is 0 Å². The highest BCUT2D eigenvalue weighted by Crippen LogP contribution is 2.18. The Morgan fingerprint density at radius 1 is 1.00 bits per heavy atom. The van der Waals surface area contributed by atoms with E-state index in [2.05, 4.69) is 27.4 Å². The van der Waals surface area contributed by atoms with E-state index in [4.69, 9.17) is 0 Å². The number of hydrogen-bond acceptors (Lipinski definition) is 5. The van der Waals surface area contributed by atoms with E-state index < -0.39 is 6.04 Å². The lowest BCUT2D eigenvalue weighted by atomic mass is 10.1. The lowest BCUT2D eigenvalue weighted by molar-refractivity contribution is -0.145. The van der Waals surface area contributed by atoms with Crippen LogP contribution < -0.4 is 15.5 Å². The fourth-order valence-corrected chi connectivity index (χ4v) is 4.53. The molecule has 2 aliphatic heterocycles. The standard InChI is InChI=1S/C26H32FN5O3/c1-2-19-3-7-21(8-4-19)29-24(33)17-23-26(35)28-11-12-32(23)25(34)18-30-13-15-31(16-14-30)22-9-5-20(27)6-10-22/h3-10,23H,2,11-18H2,1H3,(H,28,35)(H,29,33). The van der Waals surface area contributed by atoms with Gasteiger partial charge in [0.2, 0.25) is 17.7 Å². The van der Waals surface area contributed by atoms with Crippen LogP contribution >= 0.6 is 0 Å². The van der Waals surface area contributed by atoms with Crippen molar-refractivity contribution in [2.45, 2.75) is 25.8 Å². The van der Waals surface area contributed by atoms with Gasteiger partial charge in [-0.15, -0.1) is 0 Å². The third-order valence-corrected chi connectivity index (χ3v) is 6.60. The van der Waals surface area contributed by atoms with Crippen LogP contribution in [-0.2, 0) is 20.8 Å². The van der Waals surface area contributed by atoms with Crippen molar-refractivity contribution >= 4 is 29.1 Å². The van der Waals surface area contributed by atoms with Gasteiger partial charge in [0.25, 0.3) is 0 Å². The van der Waals surface area contributed by atoms with E-state index in [-0.39, 0.29) is 36.5 Å². The van der Waals surface area contributed by atoms with Gasteiger partial charge in [0.1, 0.15) is 11.9 Å². The zero-order chi connectivity index (χ0) is 24.8. The van der Waals surface area contributed by atoms with E-state index in [1.165, 1.54) is 22.6 Å². The molecule has 2 fully saturated rings. The van der Waals surface area contributed by atoms with Crippen LogP contribution in [0.5, 0.6) is 0 Å². The molecule has 0 spiro atoms. The van der Waals surface area contributed by atoms with Gasteiger partial charge in [-0.05, 0) is 48.4 Å². The lowest BCUT2D eigenvalue weighted by Crippen LogP contribution is -2.60. The van der Waals surface area contributed by atoms with E-state index in [9.17, 15) is 18.8 Å². The number of nitrogens with one attached hydrogen (secondary N) is 2. The lowest BCUT2D eigenvalue weighted by Gasteiger charge is -2.39. The Bertz CT molecular complexity index is 1040. The molecule has 2 N–H and O–H groups in total. The maximum Gasteiger partial charge on any atom is 0.243 e. The summed E-state index contributed by atoms with van der Waals surface area (Å²) >= 11 is 0. The predicted octanol–water partition coefficient (Wildman–Crippen LogP) is 1.87. The number of benzene rings is 2. The first-order valence-corrected chi connectivity index (χ1v) is 12.1. The Kier molecular flexibility index (Phi) is 7.97. The van der Waals surface area contributed by atoms with Gasteiger partial charge in [-0.1, -0.05) is 19.1 Å². The zero-order valence-corrected chi connectivity index (χ0v) is 20.0. The van der Waals surface area contributed by atoms with Crippen molar-refractivity contribution in [1.82, 2.24) is 15.1 Å². The number of amides is 3. The van der Waals surface area contributed by atoms with Gasteiger partial charge in [-0.25, -0.2) is 4.39 Å². The van der Waals surface area contributed by atoms with E-state index in [1.807, 2.05) is 24.3 Å². The predicted molar refractivity (Wildman–Crippen MR) is 133 cm³/mol. The molecular formula is C26H32FN5O3. The van der Waals surface area contributed by atoms with E-state index in [0.29, 0.717) is 31.9 Å². The molecule has 2 saturated heterocycles. The number of hydrogen-bond donors (Lipinski definition) is 2. The molecule has 2 aliphatic rings. The molecule has 8 nitrogen and oxygen atoms in total. The van der Waals surface area contributed by atoms with E-state index >= 15 is 0 Å². The summed E-state index contributed by atoms with van der Waals surface area (Å²) in [6.45, 7) is 5.82. The number of piperazine rings is 2. The van der Waals surface area contributed by atoms with Crippen molar-refractivity contribution in [3.05, 3.63) is 59.9 Å². The molecule has 2 aromatic carbocycles. The highest BCUT2D eigenvalue weighted by molar-refractivity contribution is 5.97. The highest BCUT2D eigenvalue weighted by Gasteiger charge is 2.35. The summed E-state index contributed by atoms with van der Waals surface area (Å²) < 4.78 is 13.2. The molecule has 0 aromatic heterocycles. The van der Waals surface area contributed by atoms with Crippen LogP contribution in [0.4, 0.5) is 15.8 Å². The van der Waals surface area contributed by atoms with Crippen molar-refractivity contribution in [3.63, 3.8) is 0 Å². The minimum Gasteiger partial charge on any atom is -0.369 e. The topological polar surface area (TPSA) is 85.0 Å². The van der Waals surface area contributed by atoms with Crippen molar-refractivity contribution < 1.29 is 18.8 Å². The molecule has 0 bridgehead atoms. The largest absolute Gasteiger partial charge is 0.369 e. The third kappa shape index (κ3) is 6.36. The van der Waals surface area contributed by atoms with Gasteiger partial charge in [0.15, 0.2) is 0 Å². The Hall–Kier alpha value is -3.46. The first kappa shape index (κ1) is 24.7. The Labute approximate surface area is 205 Å². The number of nitrogens with zero attached hydrogens (tertiary/aromatic N) is 3. The monoisotopic (exact) mass is 481 g/mol. The first-order chi connectivity index (χ1) is 16.9. The SMILES string of the molecule is CCc1ccc(NC(=O)CC2C(=O)NCCN2C(=O)CN2CCN(c3ccc(F)cc3)CC2)cc1. The van der Waals surface area contributed by atoms with Gasteiger partial charge in [0, 0.05) is 50.6 Å². The summed E-state index contributed by atoms with van der Waals surface area (Å²) in [6, 6.07) is 13.2. The molecule has 0 aliphatic carbocycles. The third-order valence-electron chi connectivity index (χ3n) is 6.60. The molecule has 1 unspecified atom stereocenters. The summed E-state index contributed by atoms with van der Waals surface area (Å²) in [5.41, 5.74) is 2.80. The van der Waals surface area contributed by atoms with Gasteiger partial charge in [-0.2, -0.15) is 0 Å². The van der Waals surface area contributed by atoms with Crippen molar-refractivity contribution in [1.29, 1.82) is 0 Å². The molecule has 0 radical (unpaired) electrons. The minimum absolute atomic E-state index is 0.0918. The first-order valence-electron chi connectivity index (χ1n) is 12.1. The van der Waals surface area contributed by atoms with Gasteiger partial charge in [-0.3, -0.25) is 19.3 Å². The van der Waals surface area contributed by atoms with Crippen LogP contribution in [0.15, 0.2) is 48.5 Å². The highest BCUT2D eigenvalue weighted by atomic mass is 19.1. The smallest absolute Gasteiger partial charge is 0.243 e. The molecule has 1 atom stereocenters. The summed E-state index contributed by atoms with van der Waals surface area (Å²) in [5.74, 6) is -1.02. The zero-order valence-electron chi connectivity index (χ0n) is 20.0. The summed E-state index contributed by atoms with van der Waals surface area (Å²) in [5, 5.41) is 5.60. The fourth-order valence-electron chi connectivity index (χ4n) is 4.53. The minimum atomic E-state index is -0.827. The number of carbonyl (C=O) groups is 3. The van der Waals surface area contributed by atoms with Crippen LogP contribution in [0.1, 0.15) is 18.9 Å². The molecule has 2 aromatic rings. The van der Waals surface area contributed by atoms with Crippen LogP contribution in [0.2, 0.25) is 0 Å². The maximum absolute atomic E-state index is 13.2. The second-order valence-corrected chi connectivity index (χ2v) is 8.94. The van der Waals surface area contributed by atoms with Crippen LogP contribution in [-0.4, -0.2) is 79.4 Å². The van der Waals surface area contributed by atoms with Gasteiger partial charge in [0.05, 0.1) is 13.0 Å². The number of anilines is 2. The molecule has 9 heteroatoms. The molecule has 4 rings (SSSR count). The van der Waals surface area contributed by atoms with E-state index in [0.717, 1.165) is 25.2 Å². The summed E-state index contributed by atoms with van der Waals surface area (Å²) in [7, 11) is 0. The second-order valence-electron chi connectivity index (χ2n) is 8.94. The number of carbonyl (C=O) groups excluding carboxylic acids is 3. The summed E-state index contributed by atoms with van der Waals surface area (Å²) in [6.07, 6.45) is 0.820. The number of aryl methyl sites for hydroxylation is 1. The average Bonchev–Trinajstić information content (AvgIpc) is 2.86. The van der Waals surface area contributed by atoms with Crippen LogP contribution in [0.25, 0.3) is 0 Å². The van der Waals surface area contributed by atoms with Crippen molar-refractivity contribution in [2.75, 3.05) is 56.0 Å². The Morgan fingerprint density at radius 3 is 2.34 bits per heavy atom.